The van der Waals surface area contributed by atoms with Gasteiger partial charge in [0.15, 0.2) is 16.6 Å². The molecule has 0 aliphatic heterocycles. The Morgan fingerprint density at radius 3 is 1.33 bits per heavy atom. The van der Waals surface area contributed by atoms with Crippen molar-refractivity contribution in [3.63, 3.8) is 0 Å². The van der Waals surface area contributed by atoms with Crippen LogP contribution in [-0.4, -0.2) is 28.8 Å². The average Bonchev–Trinajstić information content (AvgIpc) is 2.12. The number of hydrogen-bond acceptors (Lipinski definition) is 2. The van der Waals surface area contributed by atoms with Gasteiger partial charge in [0, 0.05) is 0 Å². The third-order valence-electron chi connectivity index (χ3n) is 2.45. The van der Waals surface area contributed by atoms with Crippen LogP contribution in [0.1, 0.15) is 12.8 Å². The summed E-state index contributed by atoms with van der Waals surface area (Å²) in [5, 5.41) is 0. The van der Waals surface area contributed by atoms with Crippen molar-refractivity contribution >= 4 is 16.6 Å². The Kier molecular flexibility index (Phi) is 5.58. The van der Waals surface area contributed by atoms with Crippen LogP contribution in [0.5, 0.6) is 0 Å². The van der Waals surface area contributed by atoms with Crippen LogP contribution in [0, 0.1) is 0 Å². The monoisotopic (exact) mass is 284 g/mol. The van der Waals surface area contributed by atoms with Crippen molar-refractivity contribution in [1.29, 1.82) is 0 Å². The molecule has 0 amide bonds. The maximum absolute atomic E-state index is 6.27. The van der Waals surface area contributed by atoms with Gasteiger partial charge in [-0.05, 0) is 52.1 Å². The SMILES string of the molecule is C[Si](C)(C)O[C@@H]1/C=C\CC/C=C\[C@H]1O[Si](C)(C)C. The van der Waals surface area contributed by atoms with Crippen molar-refractivity contribution < 1.29 is 8.85 Å². The molecule has 0 heterocycles. The second-order valence-electron chi connectivity index (χ2n) is 6.82. The van der Waals surface area contributed by atoms with Crippen LogP contribution in [0.3, 0.4) is 0 Å². The van der Waals surface area contributed by atoms with Crippen molar-refractivity contribution in [2.45, 2.75) is 64.3 Å². The van der Waals surface area contributed by atoms with Crippen LogP contribution in [-0.2, 0) is 8.85 Å². The molecule has 1 rings (SSSR count). The minimum absolute atomic E-state index is 0.0833. The molecule has 0 N–H and O–H groups in total. The Morgan fingerprint density at radius 1 is 0.722 bits per heavy atom. The average molecular weight is 285 g/mol. The van der Waals surface area contributed by atoms with Crippen LogP contribution in [0.4, 0.5) is 0 Å². The molecule has 0 fully saturated rings. The first-order valence-electron chi connectivity index (χ1n) is 6.86. The standard InChI is InChI=1S/C14H28O2Si2/c1-17(2,3)15-13-11-9-7-8-10-12-14(13)16-18(4,5)6/h9-14H,7-8H2,1-6H3/b11-9-,12-10-/t13-,14-/m1/s1. The summed E-state index contributed by atoms with van der Waals surface area (Å²) in [5.41, 5.74) is 0. The van der Waals surface area contributed by atoms with Crippen molar-refractivity contribution in [3.8, 4) is 0 Å². The van der Waals surface area contributed by atoms with Crippen LogP contribution in [0.15, 0.2) is 24.3 Å². The van der Waals surface area contributed by atoms with Gasteiger partial charge in [0.05, 0.1) is 12.2 Å². The van der Waals surface area contributed by atoms with Gasteiger partial charge in [-0.2, -0.15) is 0 Å². The van der Waals surface area contributed by atoms with Gasteiger partial charge in [0.25, 0.3) is 0 Å². The van der Waals surface area contributed by atoms with Gasteiger partial charge in [-0.3, -0.25) is 0 Å². The van der Waals surface area contributed by atoms with E-state index in [1.807, 2.05) is 0 Å². The summed E-state index contributed by atoms with van der Waals surface area (Å²) in [6.45, 7) is 13.4. The topological polar surface area (TPSA) is 18.5 Å². The highest BCUT2D eigenvalue weighted by atomic mass is 28.4. The van der Waals surface area contributed by atoms with Gasteiger partial charge in [-0.15, -0.1) is 0 Å². The molecule has 2 nitrogen and oxygen atoms in total. The van der Waals surface area contributed by atoms with Crippen molar-refractivity contribution in [1.82, 2.24) is 0 Å². The smallest absolute Gasteiger partial charge is 0.184 e. The second kappa shape index (κ2) is 6.32. The zero-order chi connectivity index (χ0) is 13.8. The molecule has 0 aromatic rings. The van der Waals surface area contributed by atoms with E-state index in [2.05, 4.69) is 63.6 Å². The summed E-state index contributed by atoms with van der Waals surface area (Å²) < 4.78 is 12.5. The van der Waals surface area contributed by atoms with Gasteiger partial charge in [0.1, 0.15) is 0 Å². The fraction of sp³-hybridized carbons (Fsp3) is 0.714. The largest absolute Gasteiger partial charge is 0.408 e. The van der Waals surface area contributed by atoms with E-state index >= 15 is 0 Å². The Morgan fingerprint density at radius 2 is 1.06 bits per heavy atom. The summed E-state index contributed by atoms with van der Waals surface area (Å²) in [6.07, 6.45) is 11.2. The van der Waals surface area contributed by atoms with E-state index in [0.29, 0.717) is 0 Å². The highest BCUT2D eigenvalue weighted by Crippen LogP contribution is 2.20. The lowest BCUT2D eigenvalue weighted by Crippen LogP contribution is -2.43. The van der Waals surface area contributed by atoms with Crippen molar-refractivity contribution in [3.05, 3.63) is 24.3 Å². The zero-order valence-electron chi connectivity index (χ0n) is 12.7. The van der Waals surface area contributed by atoms with Crippen LogP contribution >= 0.6 is 0 Å². The molecule has 1 aliphatic carbocycles. The van der Waals surface area contributed by atoms with E-state index < -0.39 is 16.6 Å². The second-order valence-corrected chi connectivity index (χ2v) is 15.7. The van der Waals surface area contributed by atoms with Gasteiger partial charge in [0.2, 0.25) is 0 Å². The zero-order valence-corrected chi connectivity index (χ0v) is 14.7. The number of allylic oxidation sites excluding steroid dienone is 2. The Hall–Kier alpha value is -0.166. The van der Waals surface area contributed by atoms with Crippen LogP contribution < -0.4 is 0 Å². The van der Waals surface area contributed by atoms with E-state index in [4.69, 9.17) is 8.85 Å². The molecule has 4 heteroatoms. The van der Waals surface area contributed by atoms with E-state index in [-0.39, 0.29) is 12.2 Å². The van der Waals surface area contributed by atoms with Gasteiger partial charge in [-0.1, -0.05) is 24.3 Å². The highest BCUT2D eigenvalue weighted by molar-refractivity contribution is 6.70. The molecule has 0 radical (unpaired) electrons. The molecule has 0 aromatic carbocycles. The van der Waals surface area contributed by atoms with Gasteiger partial charge < -0.3 is 8.85 Å². The lowest BCUT2D eigenvalue weighted by molar-refractivity contribution is 0.104. The first kappa shape index (κ1) is 15.9. The van der Waals surface area contributed by atoms with Crippen molar-refractivity contribution in [2.75, 3.05) is 0 Å². The molecule has 2 atom stereocenters. The summed E-state index contributed by atoms with van der Waals surface area (Å²) in [5.74, 6) is 0. The summed E-state index contributed by atoms with van der Waals surface area (Å²) in [7, 11) is -3.10. The Bertz CT molecular complexity index is 279. The molecule has 0 bridgehead atoms. The lowest BCUT2D eigenvalue weighted by Gasteiger charge is -2.33. The van der Waals surface area contributed by atoms with E-state index in [9.17, 15) is 0 Å². The minimum atomic E-state index is -1.55. The first-order valence-corrected chi connectivity index (χ1v) is 13.7. The molecule has 0 saturated carbocycles. The van der Waals surface area contributed by atoms with E-state index in [1.165, 1.54) is 0 Å². The molecule has 0 unspecified atom stereocenters. The quantitative estimate of drug-likeness (QED) is 0.565. The molecule has 0 saturated heterocycles. The van der Waals surface area contributed by atoms with Crippen molar-refractivity contribution in [2.24, 2.45) is 0 Å². The maximum atomic E-state index is 6.27. The summed E-state index contributed by atoms with van der Waals surface area (Å²) in [4.78, 5) is 0. The number of rotatable bonds is 4. The minimum Gasteiger partial charge on any atom is -0.408 e. The fourth-order valence-electron chi connectivity index (χ4n) is 1.90. The summed E-state index contributed by atoms with van der Waals surface area (Å²) >= 11 is 0. The molecular weight excluding hydrogens is 256 g/mol. The summed E-state index contributed by atoms with van der Waals surface area (Å²) in [6, 6.07) is 0. The van der Waals surface area contributed by atoms with Gasteiger partial charge in [-0.25, -0.2) is 0 Å². The van der Waals surface area contributed by atoms with E-state index in [1.54, 1.807) is 0 Å². The third kappa shape index (κ3) is 6.68. The van der Waals surface area contributed by atoms with E-state index in [0.717, 1.165) is 12.8 Å². The molecule has 104 valence electrons. The van der Waals surface area contributed by atoms with Crippen LogP contribution in [0.25, 0.3) is 0 Å². The molecule has 18 heavy (non-hydrogen) atoms. The van der Waals surface area contributed by atoms with Crippen LogP contribution in [0.2, 0.25) is 39.3 Å². The normalized spacial score (nSPS) is 29.4. The Balaban J connectivity index is 2.82. The Labute approximate surface area is 114 Å². The predicted molar refractivity (Wildman–Crippen MR) is 84.0 cm³/mol. The maximum Gasteiger partial charge on any atom is 0.184 e. The molecule has 0 aromatic heterocycles. The fourth-order valence-corrected chi connectivity index (χ4v) is 3.96. The number of hydrogen-bond donors (Lipinski definition) is 0. The molecular formula is C14H28O2Si2. The molecule has 1 aliphatic rings. The van der Waals surface area contributed by atoms with Gasteiger partial charge >= 0.3 is 0 Å². The lowest BCUT2D eigenvalue weighted by atomic mass is 10.1. The third-order valence-corrected chi connectivity index (χ3v) is 4.41. The molecule has 0 spiro atoms. The first-order chi connectivity index (χ1) is 8.17. The predicted octanol–water partition coefficient (Wildman–Crippen LogP) is 4.33. The highest BCUT2D eigenvalue weighted by Gasteiger charge is 2.29.